The van der Waals surface area contributed by atoms with E-state index in [1.54, 1.807) is 12.1 Å². The summed E-state index contributed by atoms with van der Waals surface area (Å²) in [6.45, 7) is 2.30. The van der Waals surface area contributed by atoms with Crippen LogP contribution in [0.25, 0.3) is 0 Å². The molecule has 5 nitrogen and oxygen atoms in total. The molecule has 0 amide bonds. The fourth-order valence-electron chi connectivity index (χ4n) is 2.49. The van der Waals surface area contributed by atoms with Gasteiger partial charge in [-0.25, -0.2) is 9.82 Å². The highest BCUT2D eigenvalue weighted by Crippen LogP contribution is 2.49. The number of halogens is 1. The van der Waals surface area contributed by atoms with E-state index in [2.05, 4.69) is 11.6 Å². The van der Waals surface area contributed by atoms with Gasteiger partial charge in [0.25, 0.3) is 0 Å². The summed E-state index contributed by atoms with van der Waals surface area (Å²) in [5.41, 5.74) is 0.925. The first-order chi connectivity index (χ1) is 12.1. The molecule has 1 aromatic rings. The monoisotopic (exact) mass is 392 g/mol. The minimum Gasteiger partial charge on any atom is -0.402 e. The molecule has 1 aromatic carbocycles. The lowest BCUT2D eigenvalue weighted by Crippen LogP contribution is -2.04. The van der Waals surface area contributed by atoms with E-state index in [0.29, 0.717) is 18.1 Å². The van der Waals surface area contributed by atoms with Crippen molar-refractivity contribution in [3.8, 4) is 5.75 Å². The summed E-state index contributed by atoms with van der Waals surface area (Å²) in [6, 6.07) is 7.31. The second-order valence-electron chi connectivity index (χ2n) is 5.97. The smallest absolute Gasteiger partial charge is 0.402 e. The number of unbranched alkanes of at least 4 members (excludes halogenated alkanes) is 6. The van der Waals surface area contributed by atoms with Gasteiger partial charge in [-0.2, -0.15) is 0 Å². The summed E-state index contributed by atoms with van der Waals surface area (Å²) < 4.78 is 26.7. The number of hydrogen-bond donors (Lipinski definition) is 1. The van der Waals surface area contributed by atoms with Crippen LogP contribution in [0.1, 0.15) is 63.9 Å². The Labute approximate surface area is 156 Å². The number of aryl methyl sites for hydroxylation is 1. The van der Waals surface area contributed by atoms with Gasteiger partial charge in [0.15, 0.2) is 0 Å². The lowest BCUT2D eigenvalue weighted by atomic mass is 10.0. The number of alkyl halides is 1. The first-order valence-corrected chi connectivity index (χ1v) is 11.1. The van der Waals surface area contributed by atoms with Crippen LogP contribution in [-0.2, 0) is 20.2 Å². The van der Waals surface area contributed by atoms with Gasteiger partial charge in [-0.05, 0) is 30.9 Å². The van der Waals surface area contributed by atoms with E-state index >= 15 is 0 Å². The Morgan fingerprint density at radius 3 is 2.40 bits per heavy atom. The highest BCUT2D eigenvalue weighted by atomic mass is 35.5. The van der Waals surface area contributed by atoms with Crippen molar-refractivity contribution in [1.29, 1.82) is 0 Å². The Balaban J connectivity index is 2.50. The summed E-state index contributed by atoms with van der Waals surface area (Å²) in [4.78, 5) is 0. The molecule has 0 radical (unpaired) electrons. The van der Waals surface area contributed by atoms with Crippen molar-refractivity contribution < 1.29 is 23.5 Å². The van der Waals surface area contributed by atoms with Crippen molar-refractivity contribution in [1.82, 2.24) is 0 Å². The van der Waals surface area contributed by atoms with Gasteiger partial charge in [-0.3, -0.25) is 4.52 Å². The lowest BCUT2D eigenvalue weighted by molar-refractivity contribution is -0.160. The Morgan fingerprint density at radius 2 is 1.72 bits per heavy atom. The molecule has 144 valence electrons. The van der Waals surface area contributed by atoms with Crippen molar-refractivity contribution in [3.05, 3.63) is 29.8 Å². The molecule has 0 aromatic heterocycles. The van der Waals surface area contributed by atoms with Crippen molar-refractivity contribution in [2.24, 2.45) is 0 Å². The van der Waals surface area contributed by atoms with Crippen LogP contribution >= 0.6 is 19.4 Å². The van der Waals surface area contributed by atoms with Crippen LogP contribution in [0.5, 0.6) is 5.75 Å². The lowest BCUT2D eigenvalue weighted by Gasteiger charge is -2.17. The molecule has 7 heteroatoms. The first-order valence-electron chi connectivity index (χ1n) is 9.06. The minimum atomic E-state index is -4.04. The number of benzene rings is 1. The standard InChI is InChI=1S/C18H30ClO5P/c1-2-3-4-5-6-7-8-12-17-13-9-10-14-18(17)23-25(21,24-20)22-16-11-15-19/h9-10,13-14,20H,2-8,11-12,15-16H2,1H3. The van der Waals surface area contributed by atoms with Gasteiger partial charge in [0.1, 0.15) is 5.75 Å². The van der Waals surface area contributed by atoms with Crippen LogP contribution in [0.4, 0.5) is 0 Å². The van der Waals surface area contributed by atoms with Crippen LogP contribution in [0.3, 0.4) is 0 Å². The van der Waals surface area contributed by atoms with Crippen molar-refractivity contribution in [2.45, 2.75) is 64.7 Å². The van der Waals surface area contributed by atoms with Crippen molar-refractivity contribution >= 4 is 19.4 Å². The predicted octanol–water partition coefficient (Wildman–Crippen LogP) is 6.60. The van der Waals surface area contributed by atoms with Crippen LogP contribution in [0, 0.1) is 0 Å². The predicted molar refractivity (Wildman–Crippen MR) is 101 cm³/mol. The van der Waals surface area contributed by atoms with Crippen LogP contribution in [-0.4, -0.2) is 17.7 Å². The molecule has 0 heterocycles. The van der Waals surface area contributed by atoms with Gasteiger partial charge < -0.3 is 4.52 Å². The van der Waals surface area contributed by atoms with Crippen molar-refractivity contribution in [3.63, 3.8) is 0 Å². The van der Waals surface area contributed by atoms with Crippen LogP contribution in [0.2, 0.25) is 0 Å². The molecule has 0 aliphatic heterocycles. The summed E-state index contributed by atoms with van der Waals surface area (Å²) in [5.74, 6) is 0.775. The molecule has 0 aliphatic carbocycles. The van der Waals surface area contributed by atoms with Gasteiger partial charge in [0.05, 0.1) is 6.61 Å². The normalized spacial score (nSPS) is 13.6. The zero-order chi connectivity index (χ0) is 18.4. The maximum atomic E-state index is 12.3. The fraction of sp³-hybridized carbons (Fsp3) is 0.667. The highest BCUT2D eigenvalue weighted by Gasteiger charge is 2.29. The van der Waals surface area contributed by atoms with Gasteiger partial charge in [-0.1, -0.05) is 63.6 Å². The molecule has 25 heavy (non-hydrogen) atoms. The van der Waals surface area contributed by atoms with Gasteiger partial charge in [0.2, 0.25) is 0 Å². The Kier molecular flexibility index (Phi) is 12.2. The number of para-hydroxylation sites is 1. The van der Waals surface area contributed by atoms with E-state index in [1.807, 2.05) is 12.1 Å². The van der Waals surface area contributed by atoms with E-state index in [0.717, 1.165) is 24.8 Å². The molecular formula is C18H30ClO5P. The largest absolute Gasteiger partial charge is 0.557 e. The second-order valence-corrected chi connectivity index (χ2v) is 7.85. The van der Waals surface area contributed by atoms with Crippen LogP contribution in [0.15, 0.2) is 24.3 Å². The second kappa shape index (κ2) is 13.6. The topological polar surface area (TPSA) is 65.0 Å². The van der Waals surface area contributed by atoms with Gasteiger partial charge >= 0.3 is 7.82 Å². The third kappa shape index (κ3) is 9.62. The molecule has 0 saturated heterocycles. The van der Waals surface area contributed by atoms with E-state index in [9.17, 15) is 4.57 Å². The number of phosphoric acid groups is 1. The van der Waals surface area contributed by atoms with E-state index in [4.69, 9.17) is 25.9 Å². The highest BCUT2D eigenvalue weighted by molar-refractivity contribution is 7.48. The molecule has 1 N–H and O–H groups in total. The maximum Gasteiger partial charge on any atom is 0.557 e. The minimum absolute atomic E-state index is 0.0846. The Morgan fingerprint density at radius 1 is 1.04 bits per heavy atom. The molecule has 0 fully saturated rings. The molecule has 0 spiro atoms. The van der Waals surface area contributed by atoms with Crippen LogP contribution < -0.4 is 4.52 Å². The SMILES string of the molecule is CCCCCCCCCc1ccccc1OP(=O)(OO)OCCCCl. The summed E-state index contributed by atoms with van der Waals surface area (Å²) in [6.07, 6.45) is 9.84. The average molecular weight is 393 g/mol. The molecule has 1 atom stereocenters. The van der Waals surface area contributed by atoms with Gasteiger partial charge in [0, 0.05) is 5.88 Å². The summed E-state index contributed by atoms with van der Waals surface area (Å²) in [7, 11) is -4.04. The quantitative estimate of drug-likeness (QED) is 0.120. The molecule has 1 unspecified atom stereocenters. The number of phosphoric ester groups is 1. The maximum absolute atomic E-state index is 12.3. The average Bonchev–Trinajstić information content (AvgIpc) is 2.62. The summed E-state index contributed by atoms with van der Waals surface area (Å²) >= 11 is 5.56. The third-order valence-corrected chi connectivity index (χ3v) is 5.25. The Hall–Kier alpha value is -0.580. The molecule has 0 bridgehead atoms. The van der Waals surface area contributed by atoms with E-state index in [-0.39, 0.29) is 6.61 Å². The molecular weight excluding hydrogens is 363 g/mol. The van der Waals surface area contributed by atoms with Gasteiger partial charge in [-0.15, -0.1) is 16.3 Å². The van der Waals surface area contributed by atoms with E-state index < -0.39 is 7.82 Å². The fourth-order valence-corrected chi connectivity index (χ4v) is 3.50. The Bertz CT molecular complexity index is 512. The molecule has 0 aliphatic rings. The number of rotatable bonds is 15. The van der Waals surface area contributed by atoms with Crippen molar-refractivity contribution in [2.75, 3.05) is 12.5 Å². The molecule has 0 saturated carbocycles. The third-order valence-electron chi connectivity index (χ3n) is 3.86. The summed E-state index contributed by atoms with van der Waals surface area (Å²) in [5, 5.41) is 8.91. The molecule has 1 rings (SSSR count). The zero-order valence-electron chi connectivity index (χ0n) is 15.0. The van der Waals surface area contributed by atoms with E-state index in [1.165, 1.54) is 32.1 Å². The first kappa shape index (κ1) is 22.5. The zero-order valence-corrected chi connectivity index (χ0v) is 16.6. The number of hydrogen-bond acceptors (Lipinski definition) is 5.